The molecule has 3 nitrogen and oxygen atoms in total. The first kappa shape index (κ1) is 12.2. The lowest BCUT2D eigenvalue weighted by atomic mass is 10.2. The van der Waals surface area contributed by atoms with Gasteiger partial charge in [-0.3, -0.25) is 0 Å². The normalized spacial score (nSPS) is 20.4. The Kier molecular flexibility index (Phi) is 3.43. The third-order valence-electron chi connectivity index (χ3n) is 3.53. The molecule has 0 bridgehead atoms. The highest BCUT2D eigenvalue weighted by molar-refractivity contribution is 7.99. The van der Waals surface area contributed by atoms with Crippen LogP contribution in [-0.4, -0.2) is 25.5 Å². The molecule has 3 heterocycles. The topological polar surface area (TPSA) is 33.6 Å². The van der Waals surface area contributed by atoms with Gasteiger partial charge in [-0.15, -0.1) is 0 Å². The lowest BCUT2D eigenvalue weighted by Crippen LogP contribution is -2.17. The van der Waals surface area contributed by atoms with Crippen molar-refractivity contribution >= 4 is 35.1 Å². The molecule has 2 aromatic heterocycles. The molecule has 0 radical (unpaired) electrons. The minimum Gasteiger partial charge on any atom is -0.329 e. The van der Waals surface area contributed by atoms with Crippen LogP contribution >= 0.6 is 24.0 Å². The van der Waals surface area contributed by atoms with Gasteiger partial charge >= 0.3 is 0 Å². The average Bonchev–Trinajstić information content (AvgIpc) is 2.70. The average molecular weight is 279 g/mol. The number of aromatic nitrogens is 3. The van der Waals surface area contributed by atoms with E-state index in [-0.39, 0.29) is 0 Å². The third kappa shape index (κ3) is 2.21. The Bertz CT molecular complexity index is 608. The Morgan fingerprint density at radius 3 is 3.22 bits per heavy atom. The standard InChI is InChI=1S/C13H17N3S2/c1-9-5-6-14-12-11(9)15-13(17)16(12)8-10-4-2-3-7-18-10/h5-6,10H,2-4,7-8H2,1H3,(H,15,17). The zero-order valence-electron chi connectivity index (χ0n) is 10.5. The maximum atomic E-state index is 5.44. The van der Waals surface area contributed by atoms with Crippen LogP contribution in [0.4, 0.5) is 0 Å². The number of hydrogen-bond acceptors (Lipinski definition) is 3. The van der Waals surface area contributed by atoms with E-state index < -0.39 is 0 Å². The molecule has 0 spiro atoms. The summed E-state index contributed by atoms with van der Waals surface area (Å²) in [5.41, 5.74) is 3.30. The van der Waals surface area contributed by atoms with E-state index in [2.05, 4.69) is 33.2 Å². The number of rotatable bonds is 2. The summed E-state index contributed by atoms with van der Waals surface area (Å²) in [6.45, 7) is 3.08. The Hall–Kier alpha value is -0.810. The van der Waals surface area contributed by atoms with Crippen LogP contribution in [0.5, 0.6) is 0 Å². The molecule has 1 unspecified atom stereocenters. The largest absolute Gasteiger partial charge is 0.329 e. The molecule has 0 saturated carbocycles. The van der Waals surface area contributed by atoms with E-state index in [4.69, 9.17) is 12.2 Å². The molecule has 0 aliphatic carbocycles. The lowest BCUT2D eigenvalue weighted by Gasteiger charge is -2.21. The fraction of sp³-hybridized carbons (Fsp3) is 0.538. The van der Waals surface area contributed by atoms with Crippen LogP contribution in [0.25, 0.3) is 11.2 Å². The van der Waals surface area contributed by atoms with Gasteiger partial charge in [0.25, 0.3) is 0 Å². The molecule has 1 fully saturated rings. The highest BCUT2D eigenvalue weighted by atomic mass is 32.2. The molecule has 96 valence electrons. The maximum Gasteiger partial charge on any atom is 0.179 e. The minimum atomic E-state index is 0.687. The van der Waals surface area contributed by atoms with Crippen molar-refractivity contribution in [3.63, 3.8) is 0 Å². The van der Waals surface area contributed by atoms with Gasteiger partial charge in [-0.25, -0.2) is 4.98 Å². The molecule has 1 N–H and O–H groups in total. The van der Waals surface area contributed by atoms with Crippen LogP contribution in [-0.2, 0) is 6.54 Å². The number of nitrogens with zero attached hydrogens (tertiary/aromatic N) is 2. The van der Waals surface area contributed by atoms with Crippen LogP contribution in [0.15, 0.2) is 12.3 Å². The molecular formula is C13H17N3S2. The second-order valence-corrected chi connectivity index (χ2v) is 6.65. The van der Waals surface area contributed by atoms with Gasteiger partial charge in [0.1, 0.15) is 0 Å². The fourth-order valence-corrected chi connectivity index (χ4v) is 4.05. The van der Waals surface area contributed by atoms with Crippen molar-refractivity contribution in [1.82, 2.24) is 14.5 Å². The first-order valence-electron chi connectivity index (χ1n) is 6.41. The number of H-pyrrole nitrogens is 1. The quantitative estimate of drug-likeness (QED) is 0.851. The van der Waals surface area contributed by atoms with Gasteiger partial charge < -0.3 is 9.55 Å². The molecule has 1 saturated heterocycles. The SMILES string of the molecule is Cc1ccnc2c1[nH]c(=S)n2CC1CCCCS1. The highest BCUT2D eigenvalue weighted by Crippen LogP contribution is 2.27. The Morgan fingerprint density at radius 2 is 2.44 bits per heavy atom. The first-order chi connectivity index (χ1) is 8.75. The van der Waals surface area contributed by atoms with E-state index in [0.29, 0.717) is 5.25 Å². The summed E-state index contributed by atoms with van der Waals surface area (Å²) >= 11 is 7.51. The molecule has 1 aliphatic rings. The van der Waals surface area contributed by atoms with Crippen molar-refractivity contribution in [3.05, 3.63) is 22.6 Å². The van der Waals surface area contributed by atoms with Crippen LogP contribution in [0.1, 0.15) is 24.8 Å². The van der Waals surface area contributed by atoms with E-state index in [1.165, 1.54) is 30.6 Å². The van der Waals surface area contributed by atoms with Crippen molar-refractivity contribution in [2.45, 2.75) is 38.0 Å². The van der Waals surface area contributed by atoms with Crippen LogP contribution in [0, 0.1) is 11.7 Å². The zero-order valence-corrected chi connectivity index (χ0v) is 12.1. The van der Waals surface area contributed by atoms with Crippen LogP contribution in [0.2, 0.25) is 0 Å². The Labute approximate surface area is 116 Å². The summed E-state index contributed by atoms with van der Waals surface area (Å²) in [4.78, 5) is 7.78. The molecule has 3 rings (SSSR count). The number of imidazole rings is 1. The van der Waals surface area contributed by atoms with E-state index >= 15 is 0 Å². The van der Waals surface area contributed by atoms with Crippen molar-refractivity contribution < 1.29 is 0 Å². The number of hydrogen-bond donors (Lipinski definition) is 1. The summed E-state index contributed by atoms with van der Waals surface area (Å²) < 4.78 is 2.97. The number of nitrogens with one attached hydrogen (secondary N) is 1. The molecule has 5 heteroatoms. The minimum absolute atomic E-state index is 0.687. The van der Waals surface area contributed by atoms with E-state index in [9.17, 15) is 0 Å². The van der Waals surface area contributed by atoms with Crippen LogP contribution in [0.3, 0.4) is 0 Å². The van der Waals surface area contributed by atoms with Gasteiger partial charge in [0.05, 0.1) is 5.52 Å². The maximum absolute atomic E-state index is 5.44. The summed E-state index contributed by atoms with van der Waals surface area (Å²) in [6.07, 6.45) is 5.87. The van der Waals surface area contributed by atoms with Crippen molar-refractivity contribution in [3.8, 4) is 0 Å². The third-order valence-corrected chi connectivity index (χ3v) is 5.24. The van der Waals surface area contributed by atoms with Gasteiger partial charge in [0.15, 0.2) is 10.4 Å². The van der Waals surface area contributed by atoms with Crippen molar-refractivity contribution in [1.29, 1.82) is 0 Å². The van der Waals surface area contributed by atoms with Gasteiger partial charge in [-0.05, 0) is 49.4 Å². The number of aromatic amines is 1. The van der Waals surface area contributed by atoms with Gasteiger partial charge in [-0.1, -0.05) is 6.42 Å². The monoisotopic (exact) mass is 279 g/mol. The predicted molar refractivity (Wildman–Crippen MR) is 79.8 cm³/mol. The Morgan fingerprint density at radius 1 is 1.56 bits per heavy atom. The number of thioether (sulfide) groups is 1. The molecular weight excluding hydrogens is 262 g/mol. The molecule has 2 aromatic rings. The van der Waals surface area contributed by atoms with Gasteiger partial charge in [-0.2, -0.15) is 11.8 Å². The van der Waals surface area contributed by atoms with Crippen molar-refractivity contribution in [2.24, 2.45) is 0 Å². The predicted octanol–water partition coefficient (Wildman–Crippen LogP) is 3.69. The summed E-state index contributed by atoms with van der Waals surface area (Å²) in [6, 6.07) is 2.02. The highest BCUT2D eigenvalue weighted by Gasteiger charge is 2.17. The number of pyridine rings is 1. The first-order valence-corrected chi connectivity index (χ1v) is 7.87. The smallest absolute Gasteiger partial charge is 0.179 e. The number of aryl methyl sites for hydroxylation is 1. The van der Waals surface area contributed by atoms with Gasteiger partial charge in [0.2, 0.25) is 0 Å². The zero-order chi connectivity index (χ0) is 12.5. The molecule has 18 heavy (non-hydrogen) atoms. The summed E-state index contributed by atoms with van der Waals surface area (Å²) in [7, 11) is 0. The summed E-state index contributed by atoms with van der Waals surface area (Å²) in [5.74, 6) is 1.28. The Balaban J connectivity index is 1.98. The fourth-order valence-electron chi connectivity index (χ4n) is 2.50. The van der Waals surface area contributed by atoms with Crippen LogP contribution < -0.4 is 0 Å². The molecule has 1 aliphatic heterocycles. The summed E-state index contributed by atoms with van der Waals surface area (Å²) in [5, 5.41) is 0.687. The van der Waals surface area contributed by atoms with E-state index in [0.717, 1.165) is 22.5 Å². The van der Waals surface area contributed by atoms with Gasteiger partial charge in [0, 0.05) is 18.0 Å². The molecule has 0 aromatic carbocycles. The van der Waals surface area contributed by atoms with E-state index in [1.807, 2.05) is 12.3 Å². The van der Waals surface area contributed by atoms with E-state index in [1.54, 1.807) is 0 Å². The lowest BCUT2D eigenvalue weighted by molar-refractivity contribution is 0.586. The molecule has 0 amide bonds. The van der Waals surface area contributed by atoms with Crippen molar-refractivity contribution in [2.75, 3.05) is 5.75 Å². The second-order valence-electron chi connectivity index (χ2n) is 4.86. The second kappa shape index (κ2) is 5.05. The number of fused-ring (bicyclic) bond motifs is 1. The molecule has 1 atom stereocenters.